The fourth-order valence-electron chi connectivity index (χ4n) is 2.34. The molecule has 0 aliphatic heterocycles. The summed E-state index contributed by atoms with van der Waals surface area (Å²) in [5.74, 6) is 0.771. The lowest BCUT2D eigenvalue weighted by Crippen LogP contribution is -2.28. The van der Waals surface area contributed by atoms with Gasteiger partial charge >= 0.3 is 6.09 Å². The van der Waals surface area contributed by atoms with Gasteiger partial charge in [-0.05, 0) is 31.6 Å². The number of amides is 1. The zero-order valence-corrected chi connectivity index (χ0v) is 15.3. The Morgan fingerprint density at radius 2 is 1.88 bits per heavy atom. The molecule has 0 aliphatic rings. The molecule has 1 rings (SSSR count). The van der Waals surface area contributed by atoms with Crippen molar-refractivity contribution in [2.45, 2.75) is 46.5 Å². The van der Waals surface area contributed by atoms with E-state index in [0.29, 0.717) is 18.9 Å². The molecular weight excluding hydrogens is 304 g/mol. The molecule has 0 saturated carbocycles. The van der Waals surface area contributed by atoms with Crippen LogP contribution in [0.4, 0.5) is 10.5 Å². The van der Waals surface area contributed by atoms with Gasteiger partial charge in [0.1, 0.15) is 12.4 Å². The van der Waals surface area contributed by atoms with E-state index in [4.69, 9.17) is 9.47 Å². The summed E-state index contributed by atoms with van der Waals surface area (Å²) in [7, 11) is 0. The van der Waals surface area contributed by atoms with Gasteiger partial charge in [0.05, 0.1) is 6.61 Å². The van der Waals surface area contributed by atoms with Crippen LogP contribution in [0.15, 0.2) is 24.3 Å². The summed E-state index contributed by atoms with van der Waals surface area (Å²) < 4.78 is 10.9. The lowest BCUT2D eigenvalue weighted by Gasteiger charge is -2.17. The van der Waals surface area contributed by atoms with E-state index in [1.807, 2.05) is 24.3 Å². The number of ether oxygens (including phenoxy) is 2. The smallest absolute Gasteiger partial charge is 0.411 e. The third-order valence-electron chi connectivity index (χ3n) is 3.88. The number of hydrogen-bond donors (Lipinski definition) is 1. The summed E-state index contributed by atoms with van der Waals surface area (Å²) in [5.41, 5.74) is 0.689. The van der Waals surface area contributed by atoms with Gasteiger partial charge < -0.3 is 14.4 Å². The molecule has 5 nitrogen and oxygen atoms in total. The minimum absolute atomic E-state index is 0.390. The molecule has 0 atom stereocenters. The van der Waals surface area contributed by atoms with Crippen LogP contribution >= 0.6 is 0 Å². The van der Waals surface area contributed by atoms with Gasteiger partial charge in [-0.25, -0.2) is 4.79 Å². The maximum atomic E-state index is 11.8. The number of nitrogens with zero attached hydrogens (tertiary/aromatic N) is 1. The van der Waals surface area contributed by atoms with Crippen molar-refractivity contribution >= 4 is 11.8 Å². The summed E-state index contributed by atoms with van der Waals surface area (Å²) in [5, 5.41) is 2.74. The summed E-state index contributed by atoms with van der Waals surface area (Å²) in [6.07, 6.45) is 4.27. The van der Waals surface area contributed by atoms with Crippen molar-refractivity contribution in [3.8, 4) is 5.75 Å². The molecule has 1 aromatic rings. The Morgan fingerprint density at radius 1 is 1.08 bits per heavy atom. The fraction of sp³-hybridized carbons (Fsp3) is 0.632. The third kappa shape index (κ3) is 8.77. The quantitative estimate of drug-likeness (QED) is 0.570. The molecule has 0 unspecified atom stereocenters. The van der Waals surface area contributed by atoms with Gasteiger partial charge in [-0.15, -0.1) is 0 Å². The summed E-state index contributed by atoms with van der Waals surface area (Å²) in [4.78, 5) is 14.0. The van der Waals surface area contributed by atoms with E-state index < -0.39 is 6.09 Å². The van der Waals surface area contributed by atoms with Crippen molar-refractivity contribution in [3.05, 3.63) is 24.3 Å². The highest BCUT2D eigenvalue weighted by Gasteiger charge is 2.06. The van der Waals surface area contributed by atoms with Gasteiger partial charge in [0, 0.05) is 18.3 Å². The average Bonchev–Trinajstić information content (AvgIpc) is 2.59. The van der Waals surface area contributed by atoms with Crippen molar-refractivity contribution < 1.29 is 14.3 Å². The van der Waals surface area contributed by atoms with Crippen LogP contribution in [0.3, 0.4) is 0 Å². The lowest BCUT2D eigenvalue weighted by atomic mass is 10.2. The SMILES string of the molecule is CCCCCCOc1cccc(NC(=O)OCCN(CC)CC)c1. The molecule has 0 radical (unpaired) electrons. The van der Waals surface area contributed by atoms with Gasteiger partial charge in [-0.3, -0.25) is 5.32 Å². The number of nitrogens with one attached hydrogen (secondary N) is 1. The van der Waals surface area contributed by atoms with E-state index in [0.717, 1.165) is 31.8 Å². The number of rotatable bonds is 12. The number of carbonyl (C=O) groups is 1. The predicted molar refractivity (Wildman–Crippen MR) is 98.8 cm³/mol. The van der Waals surface area contributed by atoms with E-state index in [9.17, 15) is 4.79 Å². The van der Waals surface area contributed by atoms with Crippen molar-refractivity contribution in [2.24, 2.45) is 0 Å². The molecule has 0 saturated heterocycles. The van der Waals surface area contributed by atoms with Crippen LogP contribution in [0.2, 0.25) is 0 Å². The number of unbranched alkanes of at least 4 members (excludes halogenated alkanes) is 3. The largest absolute Gasteiger partial charge is 0.494 e. The number of carbonyl (C=O) groups excluding carboxylic acids is 1. The van der Waals surface area contributed by atoms with E-state index in [1.54, 1.807) is 0 Å². The monoisotopic (exact) mass is 336 g/mol. The first-order valence-electron chi connectivity index (χ1n) is 9.08. The Morgan fingerprint density at radius 3 is 2.58 bits per heavy atom. The van der Waals surface area contributed by atoms with Crippen molar-refractivity contribution in [1.82, 2.24) is 4.90 Å². The first kappa shape index (κ1) is 20.3. The maximum Gasteiger partial charge on any atom is 0.411 e. The zero-order valence-electron chi connectivity index (χ0n) is 15.3. The molecule has 0 heterocycles. The molecule has 0 aliphatic carbocycles. The average molecular weight is 336 g/mol. The predicted octanol–water partition coefficient (Wildman–Crippen LogP) is 4.54. The fourth-order valence-corrected chi connectivity index (χ4v) is 2.34. The van der Waals surface area contributed by atoms with E-state index >= 15 is 0 Å². The van der Waals surface area contributed by atoms with Crippen LogP contribution in [0.5, 0.6) is 5.75 Å². The first-order valence-corrected chi connectivity index (χ1v) is 9.08. The summed E-state index contributed by atoms with van der Waals surface area (Å²) in [6.45, 7) is 10.1. The van der Waals surface area contributed by atoms with Crippen molar-refractivity contribution in [3.63, 3.8) is 0 Å². The van der Waals surface area contributed by atoms with Crippen LogP contribution in [-0.4, -0.2) is 43.8 Å². The number of benzene rings is 1. The Kier molecular flexibility index (Phi) is 10.7. The Balaban J connectivity index is 2.31. The third-order valence-corrected chi connectivity index (χ3v) is 3.88. The van der Waals surface area contributed by atoms with Crippen LogP contribution in [0.25, 0.3) is 0 Å². The molecule has 0 bridgehead atoms. The Labute approximate surface area is 146 Å². The molecule has 0 spiro atoms. The second kappa shape index (κ2) is 12.6. The highest BCUT2D eigenvalue weighted by Crippen LogP contribution is 2.18. The second-order valence-electron chi connectivity index (χ2n) is 5.72. The zero-order chi connectivity index (χ0) is 17.6. The van der Waals surface area contributed by atoms with Gasteiger partial charge in [0.2, 0.25) is 0 Å². The number of likely N-dealkylation sites (N-methyl/N-ethyl adjacent to an activating group) is 1. The van der Waals surface area contributed by atoms with Crippen LogP contribution in [-0.2, 0) is 4.74 Å². The minimum atomic E-state index is -0.428. The van der Waals surface area contributed by atoms with E-state index in [1.165, 1.54) is 19.3 Å². The van der Waals surface area contributed by atoms with E-state index in [2.05, 4.69) is 31.0 Å². The normalized spacial score (nSPS) is 10.7. The van der Waals surface area contributed by atoms with Crippen molar-refractivity contribution in [1.29, 1.82) is 0 Å². The molecule has 0 fully saturated rings. The highest BCUT2D eigenvalue weighted by atomic mass is 16.5. The summed E-state index contributed by atoms with van der Waals surface area (Å²) >= 11 is 0. The minimum Gasteiger partial charge on any atom is -0.494 e. The number of hydrogen-bond acceptors (Lipinski definition) is 4. The van der Waals surface area contributed by atoms with Gasteiger partial charge in [-0.1, -0.05) is 46.1 Å². The lowest BCUT2D eigenvalue weighted by molar-refractivity contribution is 0.142. The molecule has 0 aromatic heterocycles. The molecule has 5 heteroatoms. The van der Waals surface area contributed by atoms with Gasteiger partial charge in [0.15, 0.2) is 0 Å². The van der Waals surface area contributed by atoms with Crippen LogP contribution in [0, 0.1) is 0 Å². The highest BCUT2D eigenvalue weighted by molar-refractivity contribution is 5.84. The molecule has 1 aromatic carbocycles. The van der Waals surface area contributed by atoms with E-state index in [-0.39, 0.29) is 0 Å². The second-order valence-corrected chi connectivity index (χ2v) is 5.72. The number of anilines is 1. The standard InChI is InChI=1S/C19H32N2O3/c1-4-7-8-9-14-23-18-12-10-11-17(16-18)20-19(22)24-15-13-21(5-2)6-3/h10-12,16H,4-9,13-15H2,1-3H3,(H,20,22). The Bertz CT molecular complexity index is 462. The molecule has 24 heavy (non-hydrogen) atoms. The van der Waals surface area contributed by atoms with Crippen molar-refractivity contribution in [2.75, 3.05) is 38.2 Å². The Hall–Kier alpha value is -1.75. The molecule has 1 amide bonds. The van der Waals surface area contributed by atoms with Crippen LogP contribution in [0.1, 0.15) is 46.5 Å². The van der Waals surface area contributed by atoms with Gasteiger partial charge in [0.25, 0.3) is 0 Å². The molecular formula is C19H32N2O3. The topological polar surface area (TPSA) is 50.8 Å². The molecule has 136 valence electrons. The first-order chi connectivity index (χ1) is 11.7. The maximum absolute atomic E-state index is 11.8. The van der Waals surface area contributed by atoms with Crippen LogP contribution < -0.4 is 10.1 Å². The molecule has 1 N–H and O–H groups in total. The van der Waals surface area contributed by atoms with Gasteiger partial charge in [-0.2, -0.15) is 0 Å². The summed E-state index contributed by atoms with van der Waals surface area (Å²) in [6, 6.07) is 7.42.